The molecule has 0 saturated carbocycles. The maximum Gasteiger partial charge on any atom is 0.119 e. The second kappa shape index (κ2) is 6.76. The van der Waals surface area contributed by atoms with Crippen molar-refractivity contribution in [1.82, 2.24) is 0 Å². The molecule has 1 rings (SSSR count). The molecule has 18 heavy (non-hydrogen) atoms. The van der Waals surface area contributed by atoms with E-state index in [1.807, 2.05) is 12.1 Å². The van der Waals surface area contributed by atoms with Crippen molar-refractivity contribution in [2.75, 3.05) is 13.2 Å². The van der Waals surface area contributed by atoms with E-state index >= 15 is 0 Å². The third-order valence-corrected chi connectivity index (χ3v) is 2.83. The Morgan fingerprint density at radius 1 is 1.17 bits per heavy atom. The average Bonchev–Trinajstić information content (AvgIpc) is 2.29. The van der Waals surface area contributed by atoms with E-state index in [0.29, 0.717) is 19.0 Å². The summed E-state index contributed by atoms with van der Waals surface area (Å²) in [7, 11) is 0. The molecule has 0 fully saturated rings. The molecule has 0 radical (unpaired) electrons. The Bertz CT molecular complexity index is 366. The lowest BCUT2D eigenvalue weighted by Crippen LogP contribution is -2.12. The van der Waals surface area contributed by atoms with E-state index in [1.54, 1.807) is 6.07 Å². The van der Waals surface area contributed by atoms with Gasteiger partial charge < -0.3 is 14.9 Å². The smallest absolute Gasteiger partial charge is 0.119 e. The number of aliphatic hydroxyl groups excluding tert-OH is 1. The normalized spacial score (nSPS) is 11.8. The van der Waals surface area contributed by atoms with Crippen LogP contribution in [0.15, 0.2) is 18.2 Å². The molecule has 0 saturated heterocycles. The van der Waals surface area contributed by atoms with Crippen LogP contribution < -0.4 is 0 Å². The molecule has 0 atom stereocenters. The molecule has 0 aliphatic carbocycles. The van der Waals surface area contributed by atoms with Crippen LogP contribution in [0.4, 0.5) is 0 Å². The van der Waals surface area contributed by atoms with Gasteiger partial charge in [-0.05, 0) is 41.5 Å². The molecule has 3 nitrogen and oxygen atoms in total. The predicted octanol–water partition coefficient (Wildman–Crippen LogP) is 2.98. The zero-order chi connectivity index (χ0) is 13.6. The highest BCUT2D eigenvalue weighted by atomic mass is 16.5. The van der Waals surface area contributed by atoms with Crippen LogP contribution in [0.2, 0.25) is 0 Å². The number of unbranched alkanes of at least 4 members (excludes halogenated alkanes) is 1. The second-order valence-electron chi connectivity index (χ2n) is 5.58. The van der Waals surface area contributed by atoms with Crippen molar-refractivity contribution in [3.05, 3.63) is 29.3 Å². The van der Waals surface area contributed by atoms with Gasteiger partial charge in [0.2, 0.25) is 0 Å². The van der Waals surface area contributed by atoms with Crippen molar-refractivity contribution in [3.63, 3.8) is 0 Å². The first-order chi connectivity index (χ1) is 8.45. The Hall–Kier alpha value is -1.06. The number of aliphatic hydroxyl groups is 1. The summed E-state index contributed by atoms with van der Waals surface area (Å²) in [6.07, 6.45) is 1.66. The molecular weight excluding hydrogens is 228 g/mol. The van der Waals surface area contributed by atoms with E-state index in [-0.39, 0.29) is 12.0 Å². The Kier molecular flexibility index (Phi) is 5.63. The molecule has 1 aromatic rings. The van der Waals surface area contributed by atoms with E-state index in [4.69, 9.17) is 9.84 Å². The highest BCUT2D eigenvalue weighted by molar-refractivity contribution is 5.40. The largest absolute Gasteiger partial charge is 0.508 e. The SMILES string of the molecule is CC(C)(C)c1cc(COCCCCO)ccc1O. The van der Waals surface area contributed by atoms with Crippen molar-refractivity contribution in [3.8, 4) is 5.75 Å². The van der Waals surface area contributed by atoms with Crippen molar-refractivity contribution >= 4 is 0 Å². The molecule has 1 aromatic carbocycles. The molecule has 3 heteroatoms. The number of phenolic OH excluding ortho intramolecular Hbond substituents is 1. The molecule has 2 N–H and O–H groups in total. The zero-order valence-electron chi connectivity index (χ0n) is 11.6. The lowest BCUT2D eigenvalue weighted by Gasteiger charge is -2.21. The van der Waals surface area contributed by atoms with Gasteiger partial charge in [0.1, 0.15) is 5.75 Å². The minimum atomic E-state index is -0.0724. The van der Waals surface area contributed by atoms with Gasteiger partial charge >= 0.3 is 0 Å². The summed E-state index contributed by atoms with van der Waals surface area (Å²) in [5, 5.41) is 18.5. The molecule has 102 valence electrons. The second-order valence-corrected chi connectivity index (χ2v) is 5.58. The summed E-state index contributed by atoms with van der Waals surface area (Å²) < 4.78 is 5.54. The Balaban J connectivity index is 2.57. The number of rotatable bonds is 6. The van der Waals surface area contributed by atoms with E-state index in [9.17, 15) is 5.11 Å². The minimum absolute atomic E-state index is 0.0724. The van der Waals surface area contributed by atoms with Gasteiger partial charge in [0, 0.05) is 13.2 Å². The van der Waals surface area contributed by atoms with E-state index in [0.717, 1.165) is 24.0 Å². The number of benzene rings is 1. The average molecular weight is 252 g/mol. The van der Waals surface area contributed by atoms with E-state index in [2.05, 4.69) is 20.8 Å². The van der Waals surface area contributed by atoms with Gasteiger partial charge in [-0.2, -0.15) is 0 Å². The molecule has 0 aromatic heterocycles. The number of ether oxygens (including phenoxy) is 1. The van der Waals surface area contributed by atoms with Crippen LogP contribution in [0.25, 0.3) is 0 Å². The van der Waals surface area contributed by atoms with Crippen LogP contribution in [-0.4, -0.2) is 23.4 Å². The summed E-state index contributed by atoms with van der Waals surface area (Å²) in [5.41, 5.74) is 1.94. The lowest BCUT2D eigenvalue weighted by molar-refractivity contribution is 0.112. The Morgan fingerprint density at radius 3 is 2.50 bits per heavy atom. The first kappa shape index (κ1) is 15.0. The fourth-order valence-electron chi connectivity index (χ4n) is 1.78. The summed E-state index contributed by atoms with van der Waals surface area (Å²) in [5.74, 6) is 0.339. The number of hydrogen-bond donors (Lipinski definition) is 2. The van der Waals surface area contributed by atoms with Crippen LogP contribution >= 0.6 is 0 Å². The summed E-state index contributed by atoms with van der Waals surface area (Å²) in [4.78, 5) is 0. The van der Waals surface area contributed by atoms with Crippen LogP contribution in [0.5, 0.6) is 5.75 Å². The quantitative estimate of drug-likeness (QED) is 0.765. The van der Waals surface area contributed by atoms with E-state index < -0.39 is 0 Å². The zero-order valence-corrected chi connectivity index (χ0v) is 11.6. The van der Waals surface area contributed by atoms with E-state index in [1.165, 1.54) is 0 Å². The molecule has 0 spiro atoms. The molecule has 0 bridgehead atoms. The van der Waals surface area contributed by atoms with Crippen molar-refractivity contribution in [2.45, 2.75) is 45.6 Å². The maximum atomic E-state index is 9.84. The van der Waals surface area contributed by atoms with Gasteiger partial charge in [-0.3, -0.25) is 0 Å². The van der Waals surface area contributed by atoms with Gasteiger partial charge in [-0.15, -0.1) is 0 Å². The van der Waals surface area contributed by atoms with Crippen molar-refractivity contribution < 1.29 is 14.9 Å². The van der Waals surface area contributed by atoms with Gasteiger partial charge in [-0.1, -0.05) is 26.8 Å². The topological polar surface area (TPSA) is 49.7 Å². The van der Waals surface area contributed by atoms with Crippen LogP contribution in [0.3, 0.4) is 0 Å². The van der Waals surface area contributed by atoms with Crippen LogP contribution in [-0.2, 0) is 16.8 Å². The fraction of sp³-hybridized carbons (Fsp3) is 0.600. The Labute approximate surface area is 109 Å². The van der Waals surface area contributed by atoms with Gasteiger partial charge in [0.15, 0.2) is 0 Å². The highest BCUT2D eigenvalue weighted by Gasteiger charge is 2.18. The van der Waals surface area contributed by atoms with Gasteiger partial charge in [0.25, 0.3) is 0 Å². The molecular formula is C15H24O3. The third-order valence-electron chi connectivity index (χ3n) is 2.83. The maximum absolute atomic E-state index is 9.84. The van der Waals surface area contributed by atoms with Crippen LogP contribution in [0, 0.1) is 0 Å². The Morgan fingerprint density at radius 2 is 1.89 bits per heavy atom. The summed E-state index contributed by atoms with van der Waals surface area (Å²) >= 11 is 0. The first-order valence-electron chi connectivity index (χ1n) is 6.46. The van der Waals surface area contributed by atoms with Gasteiger partial charge in [-0.25, -0.2) is 0 Å². The minimum Gasteiger partial charge on any atom is -0.508 e. The summed E-state index contributed by atoms with van der Waals surface area (Å²) in [6.45, 7) is 7.66. The summed E-state index contributed by atoms with van der Waals surface area (Å²) in [6, 6.07) is 5.62. The third kappa shape index (κ3) is 4.67. The van der Waals surface area contributed by atoms with Crippen molar-refractivity contribution in [2.24, 2.45) is 0 Å². The fourth-order valence-corrected chi connectivity index (χ4v) is 1.78. The molecule has 0 aliphatic heterocycles. The molecule has 0 aliphatic rings. The number of aromatic hydroxyl groups is 1. The standard InChI is InChI=1S/C15H24O3/c1-15(2,3)13-10-12(6-7-14(13)17)11-18-9-5-4-8-16/h6-7,10,16-17H,4-5,8-9,11H2,1-3H3. The first-order valence-corrected chi connectivity index (χ1v) is 6.46. The molecule has 0 unspecified atom stereocenters. The van der Waals surface area contributed by atoms with Gasteiger partial charge in [0.05, 0.1) is 6.61 Å². The lowest BCUT2D eigenvalue weighted by atomic mass is 9.85. The molecule has 0 amide bonds. The highest BCUT2D eigenvalue weighted by Crippen LogP contribution is 2.31. The van der Waals surface area contributed by atoms with Crippen LogP contribution in [0.1, 0.15) is 44.7 Å². The predicted molar refractivity (Wildman–Crippen MR) is 72.8 cm³/mol. The number of phenols is 1. The number of hydrogen-bond acceptors (Lipinski definition) is 3. The molecule has 0 heterocycles. The monoisotopic (exact) mass is 252 g/mol. The van der Waals surface area contributed by atoms with Crippen molar-refractivity contribution in [1.29, 1.82) is 0 Å².